The number of nitrogens with zero attached hydrogens (tertiary/aromatic N) is 2. The standard InChI is InChI=1S/C24H28N4O6S/c1-24(2,17-4-8-20(9-5-17)33-15-14-26-23(29)30)18-6-10-21(11-7-18)34-16-19-12-13-25-22(27-19)28-35(3,31)32/h4-13,26H,14-16H2,1-3H3,(H,29,30)(H,25,27,28). The number of hydrogen-bond donors (Lipinski definition) is 3. The fourth-order valence-electron chi connectivity index (χ4n) is 3.28. The molecule has 0 fully saturated rings. The second-order valence-corrected chi connectivity index (χ2v) is 10.0. The van der Waals surface area contributed by atoms with E-state index in [-0.39, 0.29) is 31.1 Å². The number of rotatable bonds is 11. The highest BCUT2D eigenvalue weighted by molar-refractivity contribution is 7.91. The predicted octanol–water partition coefficient (Wildman–Crippen LogP) is 3.40. The number of carbonyl (C=O) groups is 1. The second kappa shape index (κ2) is 11.0. The number of ether oxygens (including phenoxy) is 2. The number of benzene rings is 2. The number of aromatic nitrogens is 2. The van der Waals surface area contributed by atoms with Crippen molar-refractivity contribution in [3.63, 3.8) is 0 Å². The smallest absolute Gasteiger partial charge is 0.404 e. The van der Waals surface area contributed by atoms with Crippen LogP contribution in [-0.2, 0) is 22.0 Å². The van der Waals surface area contributed by atoms with E-state index < -0.39 is 16.1 Å². The van der Waals surface area contributed by atoms with Gasteiger partial charge in [-0.2, -0.15) is 0 Å². The van der Waals surface area contributed by atoms with Crippen molar-refractivity contribution in [1.29, 1.82) is 0 Å². The first-order valence-electron chi connectivity index (χ1n) is 10.8. The summed E-state index contributed by atoms with van der Waals surface area (Å²) >= 11 is 0. The second-order valence-electron chi connectivity index (χ2n) is 8.29. The van der Waals surface area contributed by atoms with Crippen LogP contribution >= 0.6 is 0 Å². The van der Waals surface area contributed by atoms with Crippen molar-refractivity contribution in [1.82, 2.24) is 15.3 Å². The molecule has 0 unspecified atom stereocenters. The maximum absolute atomic E-state index is 11.3. The maximum Gasteiger partial charge on any atom is 0.404 e. The van der Waals surface area contributed by atoms with Crippen molar-refractivity contribution in [2.24, 2.45) is 0 Å². The minimum Gasteiger partial charge on any atom is -0.492 e. The molecule has 0 bridgehead atoms. The lowest BCUT2D eigenvalue weighted by Gasteiger charge is -2.26. The monoisotopic (exact) mass is 500 g/mol. The molecule has 0 aliphatic rings. The molecule has 3 rings (SSSR count). The number of sulfonamides is 1. The molecule has 11 heteroatoms. The van der Waals surface area contributed by atoms with Crippen LogP contribution < -0.4 is 19.5 Å². The summed E-state index contributed by atoms with van der Waals surface area (Å²) in [6.07, 6.45) is 1.42. The largest absolute Gasteiger partial charge is 0.492 e. The van der Waals surface area contributed by atoms with E-state index in [0.717, 1.165) is 17.4 Å². The Labute approximate surface area is 204 Å². The Kier molecular flexibility index (Phi) is 8.13. The van der Waals surface area contributed by atoms with Crippen LogP contribution in [0.2, 0.25) is 0 Å². The molecule has 10 nitrogen and oxygen atoms in total. The average molecular weight is 501 g/mol. The lowest BCUT2D eigenvalue weighted by molar-refractivity contribution is 0.191. The normalized spacial score (nSPS) is 11.5. The summed E-state index contributed by atoms with van der Waals surface area (Å²) in [5.74, 6) is 1.32. The molecule has 0 atom stereocenters. The van der Waals surface area contributed by atoms with E-state index in [1.807, 2.05) is 48.5 Å². The fourth-order valence-corrected chi connectivity index (χ4v) is 3.71. The van der Waals surface area contributed by atoms with Gasteiger partial charge in [0.2, 0.25) is 16.0 Å². The van der Waals surface area contributed by atoms with Gasteiger partial charge in [-0.3, -0.25) is 4.72 Å². The highest BCUT2D eigenvalue weighted by atomic mass is 32.2. The number of carboxylic acid groups (broad SMARTS) is 1. The van der Waals surface area contributed by atoms with Gasteiger partial charge in [-0.25, -0.2) is 23.2 Å². The van der Waals surface area contributed by atoms with Gasteiger partial charge in [0.15, 0.2) is 0 Å². The van der Waals surface area contributed by atoms with E-state index in [4.69, 9.17) is 14.6 Å². The van der Waals surface area contributed by atoms with Crippen molar-refractivity contribution in [3.05, 3.63) is 77.6 Å². The van der Waals surface area contributed by atoms with Crippen LogP contribution in [0.1, 0.15) is 30.7 Å². The molecule has 0 aliphatic carbocycles. The predicted molar refractivity (Wildman–Crippen MR) is 131 cm³/mol. The Bertz CT molecular complexity index is 1250. The maximum atomic E-state index is 11.3. The molecule has 0 aliphatic heterocycles. The summed E-state index contributed by atoms with van der Waals surface area (Å²) in [7, 11) is -3.46. The zero-order valence-corrected chi connectivity index (χ0v) is 20.5. The van der Waals surface area contributed by atoms with E-state index >= 15 is 0 Å². The Morgan fingerprint density at radius 3 is 2.09 bits per heavy atom. The average Bonchev–Trinajstić information content (AvgIpc) is 2.80. The van der Waals surface area contributed by atoms with Gasteiger partial charge in [0.25, 0.3) is 0 Å². The molecular formula is C24H28N4O6S. The van der Waals surface area contributed by atoms with Crippen molar-refractivity contribution in [2.75, 3.05) is 24.1 Å². The summed E-state index contributed by atoms with van der Waals surface area (Å²) in [4.78, 5) is 18.5. The number of anilines is 1. The number of hydrogen-bond acceptors (Lipinski definition) is 7. The van der Waals surface area contributed by atoms with E-state index in [0.29, 0.717) is 17.2 Å². The SMILES string of the molecule is CC(C)(c1ccc(OCCNC(=O)O)cc1)c1ccc(OCc2ccnc(NS(C)(=O)=O)n2)cc1. The van der Waals surface area contributed by atoms with E-state index in [1.165, 1.54) is 6.20 Å². The van der Waals surface area contributed by atoms with E-state index in [1.54, 1.807) is 6.07 Å². The van der Waals surface area contributed by atoms with Crippen LogP contribution in [0.5, 0.6) is 11.5 Å². The van der Waals surface area contributed by atoms with Crippen molar-refractivity contribution < 1.29 is 27.8 Å². The lowest BCUT2D eigenvalue weighted by Crippen LogP contribution is -2.26. The molecule has 3 aromatic rings. The van der Waals surface area contributed by atoms with Crippen molar-refractivity contribution in [2.45, 2.75) is 25.9 Å². The molecule has 0 saturated heterocycles. The van der Waals surface area contributed by atoms with Crippen molar-refractivity contribution in [3.8, 4) is 11.5 Å². The van der Waals surface area contributed by atoms with Crippen LogP contribution in [0.3, 0.4) is 0 Å². The Hall–Kier alpha value is -3.86. The summed E-state index contributed by atoms with van der Waals surface area (Å²) in [6.45, 7) is 4.86. The minimum atomic E-state index is -3.46. The van der Waals surface area contributed by atoms with Crippen LogP contribution in [0.25, 0.3) is 0 Å². The zero-order chi connectivity index (χ0) is 25.5. The Morgan fingerprint density at radius 2 is 1.54 bits per heavy atom. The van der Waals surface area contributed by atoms with Gasteiger partial charge in [-0.15, -0.1) is 0 Å². The lowest BCUT2D eigenvalue weighted by atomic mass is 9.78. The van der Waals surface area contributed by atoms with Gasteiger partial charge in [-0.1, -0.05) is 38.1 Å². The molecule has 35 heavy (non-hydrogen) atoms. The van der Waals surface area contributed by atoms with Gasteiger partial charge in [0, 0.05) is 11.6 Å². The molecule has 1 amide bonds. The molecule has 2 aromatic carbocycles. The first-order chi connectivity index (χ1) is 16.5. The number of nitrogens with one attached hydrogen (secondary N) is 2. The molecule has 0 saturated carbocycles. The minimum absolute atomic E-state index is 0.000886. The molecule has 1 aromatic heterocycles. The van der Waals surface area contributed by atoms with E-state index in [9.17, 15) is 13.2 Å². The van der Waals surface area contributed by atoms with Crippen LogP contribution in [0.15, 0.2) is 60.8 Å². The highest BCUT2D eigenvalue weighted by Crippen LogP contribution is 2.33. The highest BCUT2D eigenvalue weighted by Gasteiger charge is 2.23. The van der Waals surface area contributed by atoms with E-state index in [2.05, 4.69) is 33.9 Å². The summed E-state index contributed by atoms with van der Waals surface area (Å²) < 4.78 is 36.3. The quantitative estimate of drug-likeness (QED) is 0.340. The number of amides is 1. The van der Waals surface area contributed by atoms with Crippen LogP contribution in [0.4, 0.5) is 10.7 Å². The third-order valence-electron chi connectivity index (χ3n) is 5.18. The Balaban J connectivity index is 1.59. The summed E-state index contributed by atoms with van der Waals surface area (Å²) in [5, 5.41) is 10.8. The van der Waals surface area contributed by atoms with Crippen LogP contribution in [0, 0.1) is 0 Å². The molecular weight excluding hydrogens is 472 g/mol. The fraction of sp³-hybridized carbons (Fsp3) is 0.292. The van der Waals surface area contributed by atoms with Crippen LogP contribution in [-0.4, -0.2) is 49.0 Å². The molecule has 1 heterocycles. The van der Waals surface area contributed by atoms with Gasteiger partial charge < -0.3 is 19.9 Å². The first kappa shape index (κ1) is 25.8. The molecule has 0 spiro atoms. The van der Waals surface area contributed by atoms with Gasteiger partial charge in [-0.05, 0) is 41.5 Å². The molecule has 0 radical (unpaired) electrons. The van der Waals surface area contributed by atoms with Gasteiger partial charge >= 0.3 is 6.09 Å². The van der Waals surface area contributed by atoms with Gasteiger partial charge in [0.05, 0.1) is 18.5 Å². The van der Waals surface area contributed by atoms with Gasteiger partial charge in [0.1, 0.15) is 24.7 Å². The third kappa shape index (κ3) is 7.85. The third-order valence-corrected chi connectivity index (χ3v) is 5.73. The summed E-state index contributed by atoms with van der Waals surface area (Å²) in [5.41, 5.74) is 2.44. The molecule has 3 N–H and O–H groups in total. The zero-order valence-electron chi connectivity index (χ0n) is 19.7. The topological polar surface area (TPSA) is 140 Å². The first-order valence-corrected chi connectivity index (χ1v) is 12.7. The molecule has 186 valence electrons. The Morgan fingerprint density at radius 1 is 0.971 bits per heavy atom. The van der Waals surface area contributed by atoms with Crippen molar-refractivity contribution >= 4 is 22.1 Å². The summed E-state index contributed by atoms with van der Waals surface area (Å²) in [6, 6.07) is 17.1.